The Bertz CT molecular complexity index is 788. The van der Waals surface area contributed by atoms with Gasteiger partial charge in [-0.1, -0.05) is 11.8 Å². The van der Waals surface area contributed by atoms with Crippen LogP contribution in [0.15, 0.2) is 29.7 Å². The molecule has 0 saturated carbocycles. The van der Waals surface area contributed by atoms with E-state index in [9.17, 15) is 8.42 Å². The van der Waals surface area contributed by atoms with E-state index in [0.717, 1.165) is 0 Å². The zero-order valence-corrected chi connectivity index (χ0v) is 12.0. The molecule has 0 aliphatic rings. The predicted octanol–water partition coefficient (Wildman–Crippen LogP) is -0.968. The van der Waals surface area contributed by atoms with Crippen molar-refractivity contribution in [1.82, 2.24) is 24.5 Å². The second kappa shape index (κ2) is 6.45. The van der Waals surface area contributed by atoms with Crippen LogP contribution >= 0.6 is 0 Å². The number of aliphatic hydroxyl groups excluding tert-OH is 1. The summed E-state index contributed by atoms with van der Waals surface area (Å²) in [5.74, 6) is 5.40. The van der Waals surface area contributed by atoms with Crippen LogP contribution in [0.4, 0.5) is 0 Å². The standard InChI is InChI=1S/C12H13N5O3S/c1-17-9-14-12(16-17)8-15-21(19,20)11-5-10(3-2-4-18)6-13-7-11/h5-7,9,15,18H,4,8H2,1H3. The largest absolute Gasteiger partial charge is 0.384 e. The molecule has 8 nitrogen and oxygen atoms in total. The third-order valence-electron chi connectivity index (χ3n) is 2.40. The molecule has 0 saturated heterocycles. The number of aliphatic hydroxyl groups is 1. The molecule has 2 aromatic heterocycles. The van der Waals surface area contributed by atoms with Crippen LogP contribution in [0, 0.1) is 11.8 Å². The molecular weight excluding hydrogens is 294 g/mol. The van der Waals surface area contributed by atoms with Gasteiger partial charge in [-0.3, -0.25) is 9.67 Å². The van der Waals surface area contributed by atoms with E-state index < -0.39 is 10.0 Å². The Morgan fingerprint density at radius 3 is 2.90 bits per heavy atom. The Morgan fingerprint density at radius 2 is 2.24 bits per heavy atom. The van der Waals surface area contributed by atoms with E-state index in [0.29, 0.717) is 11.4 Å². The Labute approximate surface area is 121 Å². The Hall–Kier alpha value is -2.28. The molecular formula is C12H13N5O3S. The molecule has 9 heteroatoms. The van der Waals surface area contributed by atoms with Gasteiger partial charge in [-0.2, -0.15) is 5.10 Å². The summed E-state index contributed by atoms with van der Waals surface area (Å²) in [5.41, 5.74) is 0.405. The van der Waals surface area contributed by atoms with E-state index in [-0.39, 0.29) is 18.0 Å². The number of aryl methyl sites for hydroxylation is 1. The SMILES string of the molecule is Cn1cnc(CNS(=O)(=O)c2cncc(C#CCO)c2)n1. The number of nitrogens with one attached hydrogen (secondary N) is 1. The number of aromatic nitrogens is 4. The van der Waals surface area contributed by atoms with Gasteiger partial charge in [0.25, 0.3) is 0 Å². The highest BCUT2D eigenvalue weighted by molar-refractivity contribution is 7.89. The monoisotopic (exact) mass is 307 g/mol. The maximum Gasteiger partial charge on any atom is 0.242 e. The van der Waals surface area contributed by atoms with Gasteiger partial charge in [0.15, 0.2) is 5.82 Å². The van der Waals surface area contributed by atoms with E-state index in [1.807, 2.05) is 0 Å². The maximum absolute atomic E-state index is 12.1. The number of hydrogen-bond donors (Lipinski definition) is 2. The van der Waals surface area contributed by atoms with Gasteiger partial charge in [0.2, 0.25) is 10.0 Å². The fourth-order valence-corrected chi connectivity index (χ4v) is 2.45. The Balaban J connectivity index is 2.15. The lowest BCUT2D eigenvalue weighted by atomic mass is 10.3. The molecule has 0 bridgehead atoms. The second-order valence-electron chi connectivity index (χ2n) is 4.03. The topological polar surface area (TPSA) is 110 Å². The third kappa shape index (κ3) is 4.09. The van der Waals surface area contributed by atoms with Crippen molar-refractivity contribution in [3.8, 4) is 11.8 Å². The van der Waals surface area contributed by atoms with Crippen molar-refractivity contribution in [3.05, 3.63) is 36.2 Å². The van der Waals surface area contributed by atoms with E-state index in [1.54, 1.807) is 7.05 Å². The van der Waals surface area contributed by atoms with Crippen molar-refractivity contribution in [1.29, 1.82) is 0 Å². The summed E-state index contributed by atoms with van der Waals surface area (Å²) in [6.45, 7) is -0.323. The number of hydrogen-bond acceptors (Lipinski definition) is 6. The van der Waals surface area contributed by atoms with Gasteiger partial charge in [0, 0.05) is 25.0 Å². The minimum atomic E-state index is -3.73. The molecule has 2 aromatic rings. The van der Waals surface area contributed by atoms with Crippen LogP contribution in [0.2, 0.25) is 0 Å². The molecule has 2 N–H and O–H groups in total. The first kappa shape index (κ1) is 15.1. The highest BCUT2D eigenvalue weighted by Crippen LogP contribution is 2.09. The molecule has 2 heterocycles. The summed E-state index contributed by atoms with van der Waals surface area (Å²) in [7, 11) is -2.04. The van der Waals surface area contributed by atoms with Crippen molar-refractivity contribution in [2.45, 2.75) is 11.4 Å². The average Bonchev–Trinajstić information content (AvgIpc) is 2.89. The quantitative estimate of drug-likeness (QED) is 0.703. The third-order valence-corrected chi connectivity index (χ3v) is 3.77. The summed E-state index contributed by atoms with van der Waals surface area (Å²) in [6, 6.07) is 1.38. The number of pyridine rings is 1. The van der Waals surface area contributed by atoms with Gasteiger partial charge >= 0.3 is 0 Å². The van der Waals surface area contributed by atoms with E-state index >= 15 is 0 Å². The zero-order valence-electron chi connectivity index (χ0n) is 11.2. The highest BCUT2D eigenvalue weighted by atomic mass is 32.2. The molecule has 0 spiro atoms. The minimum absolute atomic E-state index is 0.0110. The molecule has 110 valence electrons. The van der Waals surface area contributed by atoms with E-state index in [2.05, 4.69) is 31.6 Å². The molecule has 0 aromatic carbocycles. The van der Waals surface area contributed by atoms with Crippen molar-refractivity contribution < 1.29 is 13.5 Å². The fourth-order valence-electron chi connectivity index (χ4n) is 1.48. The van der Waals surface area contributed by atoms with Gasteiger partial charge in [-0.15, -0.1) is 0 Å². The average molecular weight is 307 g/mol. The Kier molecular flexibility index (Phi) is 4.64. The number of rotatable bonds is 4. The van der Waals surface area contributed by atoms with Crippen LogP contribution in [0.3, 0.4) is 0 Å². The van der Waals surface area contributed by atoms with Gasteiger partial charge < -0.3 is 5.11 Å². The normalized spacial score (nSPS) is 11.0. The fraction of sp³-hybridized carbons (Fsp3) is 0.250. The molecule has 21 heavy (non-hydrogen) atoms. The Morgan fingerprint density at radius 1 is 1.43 bits per heavy atom. The van der Waals surface area contributed by atoms with Crippen LogP contribution in [0.5, 0.6) is 0 Å². The first-order valence-corrected chi connectivity index (χ1v) is 7.38. The second-order valence-corrected chi connectivity index (χ2v) is 5.80. The number of sulfonamides is 1. The summed E-state index contributed by atoms with van der Waals surface area (Å²) in [4.78, 5) is 7.74. The summed E-state index contributed by atoms with van der Waals surface area (Å²) >= 11 is 0. The van der Waals surface area contributed by atoms with Gasteiger partial charge in [0.05, 0.1) is 6.54 Å². The lowest BCUT2D eigenvalue weighted by molar-refractivity contribution is 0.350. The molecule has 0 aliphatic carbocycles. The first-order valence-electron chi connectivity index (χ1n) is 5.90. The van der Waals surface area contributed by atoms with Crippen LogP contribution < -0.4 is 4.72 Å². The summed E-state index contributed by atoms with van der Waals surface area (Å²) in [6.07, 6.45) is 4.12. The van der Waals surface area contributed by atoms with Crippen LogP contribution in [0.25, 0.3) is 0 Å². The lowest BCUT2D eigenvalue weighted by Gasteiger charge is -2.04. The molecule has 0 radical (unpaired) electrons. The van der Waals surface area contributed by atoms with E-state index in [4.69, 9.17) is 5.11 Å². The first-order chi connectivity index (χ1) is 10.0. The predicted molar refractivity (Wildman–Crippen MR) is 73.2 cm³/mol. The van der Waals surface area contributed by atoms with Crippen molar-refractivity contribution >= 4 is 10.0 Å². The van der Waals surface area contributed by atoms with Crippen molar-refractivity contribution in [2.24, 2.45) is 7.05 Å². The van der Waals surface area contributed by atoms with Gasteiger partial charge in [-0.05, 0) is 6.07 Å². The van der Waals surface area contributed by atoms with Crippen molar-refractivity contribution in [3.63, 3.8) is 0 Å². The van der Waals surface area contributed by atoms with Crippen LogP contribution in [-0.4, -0.2) is 39.9 Å². The lowest BCUT2D eigenvalue weighted by Crippen LogP contribution is -2.24. The maximum atomic E-state index is 12.1. The van der Waals surface area contributed by atoms with Gasteiger partial charge in [-0.25, -0.2) is 18.1 Å². The number of nitrogens with zero attached hydrogens (tertiary/aromatic N) is 4. The smallest absolute Gasteiger partial charge is 0.242 e. The van der Waals surface area contributed by atoms with Crippen LogP contribution in [-0.2, 0) is 23.6 Å². The molecule has 0 atom stereocenters. The summed E-state index contributed by atoms with van der Waals surface area (Å²) in [5, 5.41) is 12.6. The molecule has 0 amide bonds. The summed E-state index contributed by atoms with van der Waals surface area (Å²) < 4.78 is 28.1. The molecule has 2 rings (SSSR count). The van der Waals surface area contributed by atoms with E-state index in [1.165, 1.54) is 29.5 Å². The molecule has 0 fully saturated rings. The molecule has 0 unspecified atom stereocenters. The molecule has 0 aliphatic heterocycles. The van der Waals surface area contributed by atoms with Crippen LogP contribution in [0.1, 0.15) is 11.4 Å². The minimum Gasteiger partial charge on any atom is -0.384 e. The van der Waals surface area contributed by atoms with Crippen molar-refractivity contribution in [2.75, 3.05) is 6.61 Å². The zero-order chi connectivity index (χ0) is 15.3. The van der Waals surface area contributed by atoms with Gasteiger partial charge in [0.1, 0.15) is 17.8 Å². The highest BCUT2D eigenvalue weighted by Gasteiger charge is 2.15.